The summed E-state index contributed by atoms with van der Waals surface area (Å²) in [4.78, 5) is 14.9. The Hall–Kier alpha value is -2.22. The van der Waals surface area contributed by atoms with Gasteiger partial charge in [0.2, 0.25) is 6.79 Å². The van der Waals surface area contributed by atoms with Crippen LogP contribution in [-0.4, -0.2) is 50.4 Å². The first-order chi connectivity index (χ1) is 13.1. The van der Waals surface area contributed by atoms with Gasteiger partial charge in [0.25, 0.3) is 5.91 Å². The molecule has 3 heterocycles. The number of morpholine rings is 1. The van der Waals surface area contributed by atoms with Crippen molar-refractivity contribution in [3.63, 3.8) is 0 Å². The molecule has 0 unspecified atom stereocenters. The Bertz CT molecular complexity index is 832. The van der Waals surface area contributed by atoms with Crippen molar-refractivity contribution in [1.29, 1.82) is 0 Å². The van der Waals surface area contributed by atoms with Gasteiger partial charge in [-0.1, -0.05) is 11.6 Å². The second kappa shape index (κ2) is 7.80. The summed E-state index contributed by atoms with van der Waals surface area (Å²) < 4.78 is 21.9. The topological polar surface area (TPSA) is 73.2 Å². The van der Waals surface area contributed by atoms with Crippen LogP contribution < -0.4 is 14.8 Å². The Morgan fingerprint density at radius 1 is 1.26 bits per heavy atom. The van der Waals surface area contributed by atoms with Crippen LogP contribution in [0.2, 0.25) is 5.02 Å². The van der Waals surface area contributed by atoms with Crippen molar-refractivity contribution in [2.75, 3.05) is 39.6 Å². The molecule has 0 aliphatic carbocycles. The first-order valence-corrected chi connectivity index (χ1v) is 9.25. The zero-order valence-electron chi connectivity index (χ0n) is 15.0. The number of furan rings is 1. The average molecular weight is 393 g/mol. The lowest BCUT2D eigenvalue weighted by Gasteiger charge is -2.33. The molecule has 1 amide bonds. The molecule has 4 rings (SSSR count). The number of carbonyl (C=O) groups is 1. The highest BCUT2D eigenvalue weighted by Crippen LogP contribution is 2.39. The van der Waals surface area contributed by atoms with Gasteiger partial charge in [-0.25, -0.2) is 0 Å². The van der Waals surface area contributed by atoms with E-state index in [1.165, 1.54) is 0 Å². The van der Waals surface area contributed by atoms with Crippen molar-refractivity contribution >= 4 is 17.5 Å². The molecule has 2 aromatic rings. The van der Waals surface area contributed by atoms with E-state index in [-0.39, 0.29) is 18.7 Å². The summed E-state index contributed by atoms with van der Waals surface area (Å²) in [5.41, 5.74) is 0.431. The second-order valence-electron chi connectivity index (χ2n) is 6.51. The standard InChI is InChI=1S/C19H21ClN2O5/c1-12-2-3-16(27-12)15(22-4-6-24-7-5-22)10-21-19(23)13-8-14(20)18-17(9-13)25-11-26-18/h2-3,8-9,15H,4-7,10-11H2,1H3,(H,21,23)/t15-/m1/s1. The van der Waals surface area contributed by atoms with Gasteiger partial charge in [0.1, 0.15) is 11.5 Å². The van der Waals surface area contributed by atoms with E-state index >= 15 is 0 Å². The Labute approximate surface area is 162 Å². The summed E-state index contributed by atoms with van der Waals surface area (Å²) >= 11 is 6.18. The number of aryl methyl sites for hydroxylation is 1. The van der Waals surface area contributed by atoms with Crippen molar-refractivity contribution in [1.82, 2.24) is 10.2 Å². The maximum absolute atomic E-state index is 12.7. The maximum atomic E-state index is 12.7. The molecular formula is C19H21ClN2O5. The molecule has 0 saturated carbocycles. The van der Waals surface area contributed by atoms with Crippen molar-refractivity contribution < 1.29 is 23.4 Å². The molecule has 1 aromatic carbocycles. The van der Waals surface area contributed by atoms with Crippen molar-refractivity contribution in [3.8, 4) is 11.5 Å². The van der Waals surface area contributed by atoms with Gasteiger partial charge in [0.05, 0.1) is 24.3 Å². The summed E-state index contributed by atoms with van der Waals surface area (Å²) in [6.45, 7) is 5.35. The van der Waals surface area contributed by atoms with E-state index in [9.17, 15) is 4.79 Å². The number of hydrogen-bond acceptors (Lipinski definition) is 6. The SMILES string of the molecule is Cc1ccc([C@@H](CNC(=O)c2cc(Cl)c3c(c2)OCO3)N2CCOCC2)o1. The molecule has 144 valence electrons. The lowest BCUT2D eigenvalue weighted by molar-refractivity contribution is 0.0117. The van der Waals surface area contributed by atoms with Gasteiger partial charge in [-0.3, -0.25) is 9.69 Å². The van der Waals surface area contributed by atoms with Gasteiger partial charge in [-0.2, -0.15) is 0 Å². The van der Waals surface area contributed by atoms with Gasteiger partial charge in [0.15, 0.2) is 11.5 Å². The first-order valence-electron chi connectivity index (χ1n) is 8.87. The van der Waals surface area contributed by atoms with Crippen LogP contribution >= 0.6 is 11.6 Å². The van der Waals surface area contributed by atoms with Gasteiger partial charge in [-0.05, 0) is 31.2 Å². The summed E-state index contributed by atoms with van der Waals surface area (Å²) in [7, 11) is 0. The van der Waals surface area contributed by atoms with Crippen molar-refractivity contribution in [2.24, 2.45) is 0 Å². The van der Waals surface area contributed by atoms with Crippen LogP contribution in [0.3, 0.4) is 0 Å². The molecule has 1 aromatic heterocycles. The lowest BCUT2D eigenvalue weighted by Crippen LogP contribution is -2.43. The summed E-state index contributed by atoms with van der Waals surface area (Å²) in [5.74, 6) is 2.41. The molecule has 2 aliphatic rings. The van der Waals surface area contributed by atoms with E-state index in [4.69, 9.17) is 30.2 Å². The van der Waals surface area contributed by atoms with Crippen molar-refractivity contribution in [2.45, 2.75) is 13.0 Å². The fraction of sp³-hybridized carbons (Fsp3) is 0.421. The van der Waals surface area contributed by atoms with Gasteiger partial charge in [-0.15, -0.1) is 0 Å². The molecular weight excluding hydrogens is 372 g/mol. The predicted octanol–water partition coefficient (Wildman–Crippen LogP) is 2.77. The van der Waals surface area contributed by atoms with Crippen LogP contribution in [0.5, 0.6) is 11.5 Å². The minimum absolute atomic E-state index is 0.0592. The fourth-order valence-electron chi connectivity index (χ4n) is 3.32. The highest BCUT2D eigenvalue weighted by molar-refractivity contribution is 6.32. The van der Waals surface area contributed by atoms with Crippen LogP contribution in [0.4, 0.5) is 0 Å². The van der Waals surface area contributed by atoms with E-state index in [1.54, 1.807) is 12.1 Å². The van der Waals surface area contributed by atoms with Crippen LogP contribution in [0.25, 0.3) is 0 Å². The van der Waals surface area contributed by atoms with Crippen LogP contribution in [0.15, 0.2) is 28.7 Å². The van der Waals surface area contributed by atoms with E-state index in [0.29, 0.717) is 41.8 Å². The number of benzene rings is 1. The van der Waals surface area contributed by atoms with Crippen LogP contribution in [-0.2, 0) is 4.74 Å². The molecule has 0 radical (unpaired) electrons. The lowest BCUT2D eigenvalue weighted by atomic mass is 10.1. The molecule has 2 aliphatic heterocycles. The maximum Gasteiger partial charge on any atom is 0.251 e. The smallest absolute Gasteiger partial charge is 0.251 e. The summed E-state index contributed by atoms with van der Waals surface area (Å²) in [6, 6.07) is 7.06. The predicted molar refractivity (Wildman–Crippen MR) is 98.5 cm³/mol. The molecule has 27 heavy (non-hydrogen) atoms. The third-order valence-corrected chi connectivity index (χ3v) is 5.00. The minimum Gasteiger partial charge on any atom is -0.465 e. The minimum atomic E-state index is -0.225. The van der Waals surface area contributed by atoms with E-state index in [1.807, 2.05) is 19.1 Å². The zero-order chi connectivity index (χ0) is 18.8. The van der Waals surface area contributed by atoms with E-state index in [0.717, 1.165) is 24.6 Å². The van der Waals surface area contributed by atoms with Gasteiger partial charge < -0.3 is 23.9 Å². The molecule has 8 heteroatoms. The Kier molecular flexibility index (Phi) is 5.24. The number of nitrogens with zero attached hydrogens (tertiary/aromatic N) is 1. The quantitative estimate of drug-likeness (QED) is 0.843. The average Bonchev–Trinajstić information content (AvgIpc) is 3.32. The molecule has 0 bridgehead atoms. The number of rotatable bonds is 5. The summed E-state index contributed by atoms with van der Waals surface area (Å²) in [6.07, 6.45) is 0. The van der Waals surface area contributed by atoms with E-state index < -0.39 is 0 Å². The fourth-order valence-corrected chi connectivity index (χ4v) is 3.59. The normalized spacial score (nSPS) is 17.7. The Balaban J connectivity index is 1.48. The number of fused-ring (bicyclic) bond motifs is 1. The summed E-state index contributed by atoms with van der Waals surface area (Å²) in [5, 5.41) is 3.35. The molecule has 0 spiro atoms. The Morgan fingerprint density at radius 3 is 2.81 bits per heavy atom. The number of halogens is 1. The second-order valence-corrected chi connectivity index (χ2v) is 6.92. The number of ether oxygens (including phenoxy) is 3. The van der Waals surface area contributed by atoms with Crippen LogP contribution in [0.1, 0.15) is 27.9 Å². The van der Waals surface area contributed by atoms with Gasteiger partial charge >= 0.3 is 0 Å². The monoisotopic (exact) mass is 392 g/mol. The number of carbonyl (C=O) groups excluding carboxylic acids is 1. The number of hydrogen-bond donors (Lipinski definition) is 1. The molecule has 1 N–H and O–H groups in total. The van der Waals surface area contributed by atoms with Crippen molar-refractivity contribution in [3.05, 3.63) is 46.4 Å². The van der Waals surface area contributed by atoms with Gasteiger partial charge in [0, 0.05) is 25.2 Å². The molecule has 1 atom stereocenters. The molecule has 1 saturated heterocycles. The highest BCUT2D eigenvalue weighted by atomic mass is 35.5. The Morgan fingerprint density at radius 2 is 2.07 bits per heavy atom. The number of nitrogens with one attached hydrogen (secondary N) is 1. The molecule has 7 nitrogen and oxygen atoms in total. The molecule has 1 fully saturated rings. The highest BCUT2D eigenvalue weighted by Gasteiger charge is 2.26. The first kappa shape index (κ1) is 18.2. The largest absolute Gasteiger partial charge is 0.465 e. The number of amides is 1. The van der Waals surface area contributed by atoms with Crippen LogP contribution in [0, 0.1) is 6.92 Å². The third kappa shape index (κ3) is 3.90. The third-order valence-electron chi connectivity index (χ3n) is 4.72. The zero-order valence-corrected chi connectivity index (χ0v) is 15.8. The van der Waals surface area contributed by atoms with E-state index in [2.05, 4.69) is 10.2 Å².